The normalized spacial score (nSPS) is 15.0. The molecule has 1 aliphatic heterocycles. The monoisotopic (exact) mass is 371 g/mol. The molecule has 2 heterocycles. The standard InChI is InChI=1S/C20H25N3O2S/c1-14-9-12-23(16-7-10-21-11-8-16)20(25)18(14)19(24)22-13-15-3-5-17(26-2)6-4-15/h3-6,9,12,16,21H,7-8,10-11,13H2,1-2H3,(H,22,24). The van der Waals surface area contributed by atoms with Crippen molar-refractivity contribution in [3.05, 3.63) is 63.6 Å². The van der Waals surface area contributed by atoms with E-state index in [0.717, 1.165) is 37.1 Å². The lowest BCUT2D eigenvalue weighted by Crippen LogP contribution is -2.38. The topological polar surface area (TPSA) is 63.1 Å². The van der Waals surface area contributed by atoms with Crippen molar-refractivity contribution in [2.75, 3.05) is 19.3 Å². The molecule has 6 heteroatoms. The predicted molar refractivity (Wildman–Crippen MR) is 106 cm³/mol. The molecule has 1 aromatic carbocycles. The molecule has 1 amide bonds. The van der Waals surface area contributed by atoms with E-state index < -0.39 is 0 Å². The minimum Gasteiger partial charge on any atom is -0.348 e. The summed E-state index contributed by atoms with van der Waals surface area (Å²) >= 11 is 1.68. The fraction of sp³-hybridized carbons (Fsp3) is 0.400. The van der Waals surface area contributed by atoms with Crippen LogP contribution in [0.4, 0.5) is 0 Å². The zero-order valence-corrected chi connectivity index (χ0v) is 16.1. The number of pyridine rings is 1. The summed E-state index contributed by atoms with van der Waals surface area (Å²) in [5.74, 6) is -0.301. The number of rotatable bonds is 5. The minimum atomic E-state index is -0.301. The molecule has 0 aliphatic carbocycles. The Morgan fingerprint density at radius 1 is 1.23 bits per heavy atom. The number of carbonyl (C=O) groups is 1. The molecular weight excluding hydrogens is 346 g/mol. The first-order valence-corrected chi connectivity index (χ1v) is 10.2. The van der Waals surface area contributed by atoms with Crippen molar-refractivity contribution in [2.24, 2.45) is 0 Å². The molecule has 26 heavy (non-hydrogen) atoms. The minimum absolute atomic E-state index is 0.162. The summed E-state index contributed by atoms with van der Waals surface area (Å²) in [6, 6.07) is 10.1. The largest absolute Gasteiger partial charge is 0.348 e. The van der Waals surface area contributed by atoms with E-state index in [1.54, 1.807) is 16.3 Å². The van der Waals surface area contributed by atoms with Gasteiger partial charge >= 0.3 is 0 Å². The molecule has 3 rings (SSSR count). The van der Waals surface area contributed by atoms with Gasteiger partial charge in [0.15, 0.2) is 0 Å². The van der Waals surface area contributed by atoms with Gasteiger partial charge in [-0.1, -0.05) is 12.1 Å². The van der Waals surface area contributed by atoms with Crippen LogP contribution in [0.15, 0.2) is 46.2 Å². The van der Waals surface area contributed by atoms with Crippen LogP contribution in [-0.4, -0.2) is 29.8 Å². The van der Waals surface area contributed by atoms with E-state index >= 15 is 0 Å². The Morgan fingerprint density at radius 2 is 1.92 bits per heavy atom. The first-order chi connectivity index (χ1) is 12.6. The van der Waals surface area contributed by atoms with E-state index in [4.69, 9.17) is 0 Å². The lowest BCUT2D eigenvalue weighted by Gasteiger charge is -2.25. The molecule has 0 saturated carbocycles. The molecule has 0 radical (unpaired) electrons. The molecular formula is C20H25N3O2S. The van der Waals surface area contributed by atoms with Crippen LogP contribution < -0.4 is 16.2 Å². The Morgan fingerprint density at radius 3 is 2.58 bits per heavy atom. The summed E-state index contributed by atoms with van der Waals surface area (Å²) in [7, 11) is 0. The molecule has 1 aliphatic rings. The quantitative estimate of drug-likeness (QED) is 0.794. The Bertz CT molecular complexity index is 824. The highest BCUT2D eigenvalue weighted by Gasteiger charge is 2.21. The Hall–Kier alpha value is -2.05. The molecule has 0 spiro atoms. The van der Waals surface area contributed by atoms with Crippen molar-refractivity contribution in [3.8, 4) is 0 Å². The maximum absolute atomic E-state index is 12.9. The average Bonchev–Trinajstić information content (AvgIpc) is 2.67. The van der Waals surface area contributed by atoms with Crippen LogP contribution in [0.5, 0.6) is 0 Å². The van der Waals surface area contributed by atoms with Crippen LogP contribution in [0, 0.1) is 6.92 Å². The van der Waals surface area contributed by atoms with Gasteiger partial charge in [-0.15, -0.1) is 11.8 Å². The maximum Gasteiger partial charge on any atom is 0.263 e. The Labute approximate surface area is 158 Å². The van der Waals surface area contributed by atoms with Crippen molar-refractivity contribution in [1.29, 1.82) is 0 Å². The van der Waals surface area contributed by atoms with Gasteiger partial charge in [-0.05, 0) is 68.4 Å². The second-order valence-electron chi connectivity index (χ2n) is 6.60. The lowest BCUT2D eigenvalue weighted by molar-refractivity contribution is 0.0947. The van der Waals surface area contributed by atoms with E-state index in [9.17, 15) is 9.59 Å². The van der Waals surface area contributed by atoms with Crippen molar-refractivity contribution < 1.29 is 4.79 Å². The summed E-state index contributed by atoms with van der Waals surface area (Å²) in [6.07, 6.45) is 5.67. The second kappa shape index (κ2) is 8.56. The third-order valence-electron chi connectivity index (χ3n) is 4.87. The number of aryl methyl sites for hydroxylation is 1. The zero-order valence-electron chi connectivity index (χ0n) is 15.2. The molecule has 1 fully saturated rings. The summed E-state index contributed by atoms with van der Waals surface area (Å²) in [5, 5.41) is 6.20. The van der Waals surface area contributed by atoms with E-state index in [1.165, 1.54) is 4.90 Å². The van der Waals surface area contributed by atoms with Crippen LogP contribution in [-0.2, 0) is 6.54 Å². The van der Waals surface area contributed by atoms with Crippen LogP contribution in [0.25, 0.3) is 0 Å². The van der Waals surface area contributed by atoms with Crippen molar-refractivity contribution in [2.45, 2.75) is 37.2 Å². The van der Waals surface area contributed by atoms with Crippen LogP contribution in [0.1, 0.15) is 40.4 Å². The van der Waals surface area contributed by atoms with Gasteiger partial charge in [0.2, 0.25) is 0 Å². The van der Waals surface area contributed by atoms with Gasteiger partial charge < -0.3 is 15.2 Å². The van der Waals surface area contributed by atoms with Gasteiger partial charge in [-0.25, -0.2) is 0 Å². The smallest absolute Gasteiger partial charge is 0.263 e. The van der Waals surface area contributed by atoms with Gasteiger partial charge in [0.1, 0.15) is 5.56 Å². The van der Waals surface area contributed by atoms with E-state index in [0.29, 0.717) is 6.54 Å². The zero-order chi connectivity index (χ0) is 18.5. The second-order valence-corrected chi connectivity index (χ2v) is 7.48. The molecule has 0 unspecified atom stereocenters. The van der Waals surface area contributed by atoms with Crippen LogP contribution in [0.3, 0.4) is 0 Å². The maximum atomic E-state index is 12.9. The summed E-state index contributed by atoms with van der Waals surface area (Å²) in [4.78, 5) is 26.8. The fourth-order valence-corrected chi connectivity index (χ4v) is 3.71. The van der Waals surface area contributed by atoms with Gasteiger partial charge in [-0.3, -0.25) is 9.59 Å². The fourth-order valence-electron chi connectivity index (χ4n) is 3.30. The molecule has 1 saturated heterocycles. The van der Waals surface area contributed by atoms with E-state index in [-0.39, 0.29) is 23.1 Å². The number of nitrogens with one attached hydrogen (secondary N) is 2. The van der Waals surface area contributed by atoms with Crippen molar-refractivity contribution >= 4 is 17.7 Å². The van der Waals surface area contributed by atoms with Crippen LogP contribution >= 0.6 is 11.8 Å². The number of thioether (sulfide) groups is 1. The van der Waals surface area contributed by atoms with E-state index in [1.807, 2.05) is 49.7 Å². The number of amides is 1. The molecule has 1 aromatic heterocycles. The Balaban J connectivity index is 1.76. The molecule has 0 atom stereocenters. The highest BCUT2D eigenvalue weighted by Crippen LogP contribution is 2.18. The van der Waals surface area contributed by atoms with Crippen molar-refractivity contribution in [1.82, 2.24) is 15.2 Å². The van der Waals surface area contributed by atoms with E-state index in [2.05, 4.69) is 10.6 Å². The van der Waals surface area contributed by atoms with Gasteiger partial charge in [-0.2, -0.15) is 0 Å². The third-order valence-corrected chi connectivity index (χ3v) is 5.61. The molecule has 138 valence electrons. The van der Waals surface area contributed by atoms with Crippen molar-refractivity contribution in [3.63, 3.8) is 0 Å². The lowest BCUT2D eigenvalue weighted by atomic mass is 10.0. The average molecular weight is 372 g/mol. The first kappa shape index (κ1) is 18.7. The number of piperidine rings is 1. The summed E-state index contributed by atoms with van der Waals surface area (Å²) in [6.45, 7) is 4.03. The number of carbonyl (C=O) groups excluding carboxylic acids is 1. The van der Waals surface area contributed by atoms with Crippen LogP contribution in [0.2, 0.25) is 0 Å². The summed E-state index contributed by atoms with van der Waals surface area (Å²) in [5.41, 5.74) is 1.80. The SMILES string of the molecule is CSc1ccc(CNC(=O)c2c(C)ccn(C3CCNCC3)c2=O)cc1. The number of hydrogen-bond donors (Lipinski definition) is 2. The number of hydrogen-bond acceptors (Lipinski definition) is 4. The third kappa shape index (κ3) is 4.19. The molecule has 2 aromatic rings. The molecule has 0 bridgehead atoms. The number of benzene rings is 1. The highest BCUT2D eigenvalue weighted by atomic mass is 32.2. The number of nitrogens with zero attached hydrogens (tertiary/aromatic N) is 1. The summed E-state index contributed by atoms with van der Waals surface area (Å²) < 4.78 is 1.73. The Kier molecular flexibility index (Phi) is 6.16. The molecule has 5 nitrogen and oxygen atoms in total. The number of aromatic nitrogens is 1. The first-order valence-electron chi connectivity index (χ1n) is 8.93. The highest BCUT2D eigenvalue weighted by molar-refractivity contribution is 7.98. The molecule has 2 N–H and O–H groups in total. The van der Waals surface area contributed by atoms with Gasteiger partial charge in [0.05, 0.1) is 0 Å². The van der Waals surface area contributed by atoms with Gasteiger partial charge in [0.25, 0.3) is 11.5 Å². The predicted octanol–water partition coefficient (Wildman–Crippen LogP) is 2.73. The van der Waals surface area contributed by atoms with Gasteiger partial charge in [0, 0.05) is 23.7 Å².